The van der Waals surface area contributed by atoms with Gasteiger partial charge in [-0.25, -0.2) is 4.98 Å². The number of hydrogen-bond acceptors (Lipinski definition) is 7. The molecule has 0 radical (unpaired) electrons. The zero-order valence-corrected chi connectivity index (χ0v) is 11.9. The Morgan fingerprint density at radius 3 is 3.00 bits per heavy atom. The van der Waals surface area contributed by atoms with E-state index in [2.05, 4.69) is 15.3 Å². The lowest BCUT2D eigenvalue weighted by Gasteiger charge is -2.08. The number of rotatable bonds is 3. The molecule has 0 saturated heterocycles. The first kappa shape index (κ1) is 12.2. The first-order chi connectivity index (χ1) is 10.3. The molecule has 0 aliphatic carbocycles. The first-order valence-corrected chi connectivity index (χ1v) is 7.22. The Balaban J connectivity index is 1.75. The summed E-state index contributed by atoms with van der Waals surface area (Å²) in [6.07, 6.45) is 0. The molecule has 0 spiro atoms. The van der Waals surface area contributed by atoms with Crippen LogP contribution in [0.3, 0.4) is 0 Å². The van der Waals surface area contributed by atoms with E-state index < -0.39 is 0 Å². The molecular weight excluding hydrogens is 290 g/mol. The maximum absolute atomic E-state index is 5.90. The molecule has 3 aromatic rings. The Hall–Kier alpha value is -2.54. The number of hydrogen-bond donors (Lipinski definition) is 1. The van der Waals surface area contributed by atoms with E-state index in [9.17, 15) is 0 Å². The number of fused-ring (bicyclic) bond motifs is 2. The fourth-order valence-corrected chi connectivity index (χ4v) is 2.82. The molecule has 4 rings (SSSR count). The van der Waals surface area contributed by atoms with Gasteiger partial charge >= 0.3 is 0 Å². The van der Waals surface area contributed by atoms with Crippen LogP contribution in [0.25, 0.3) is 10.2 Å². The molecule has 1 aliphatic heterocycles. The largest absolute Gasteiger partial charge is 0.454 e. The zero-order chi connectivity index (χ0) is 14.2. The molecule has 106 valence electrons. The number of benzene rings is 1. The van der Waals surface area contributed by atoms with Gasteiger partial charge in [0.15, 0.2) is 11.5 Å². The highest BCUT2D eigenvalue weighted by Crippen LogP contribution is 2.38. The second-order valence-electron chi connectivity index (χ2n) is 4.36. The van der Waals surface area contributed by atoms with Crippen molar-refractivity contribution in [3.05, 3.63) is 29.6 Å². The van der Waals surface area contributed by atoms with Crippen LogP contribution < -0.4 is 19.5 Å². The van der Waals surface area contributed by atoms with E-state index >= 15 is 0 Å². The molecule has 0 atom stereocenters. The Bertz CT molecular complexity index is 818. The summed E-state index contributed by atoms with van der Waals surface area (Å²) in [6, 6.07) is 7.39. The van der Waals surface area contributed by atoms with E-state index in [1.807, 2.05) is 23.6 Å². The van der Waals surface area contributed by atoms with Crippen LogP contribution in [-0.4, -0.2) is 23.8 Å². The molecule has 1 aliphatic rings. The number of nitrogens with zero attached hydrogens (tertiary/aromatic N) is 2. The third kappa shape index (κ3) is 2.11. The van der Waals surface area contributed by atoms with Crippen molar-refractivity contribution in [3.8, 4) is 23.1 Å². The molecule has 6 nitrogen and oxygen atoms in total. The van der Waals surface area contributed by atoms with Gasteiger partial charge in [-0.05, 0) is 23.6 Å². The van der Waals surface area contributed by atoms with E-state index in [4.69, 9.17) is 14.2 Å². The normalized spacial score (nSPS) is 12.6. The van der Waals surface area contributed by atoms with Gasteiger partial charge in [-0.1, -0.05) is 0 Å². The summed E-state index contributed by atoms with van der Waals surface area (Å²) in [5.74, 6) is 3.09. The zero-order valence-electron chi connectivity index (χ0n) is 11.1. The van der Waals surface area contributed by atoms with Crippen LogP contribution in [0.4, 0.5) is 5.95 Å². The summed E-state index contributed by atoms with van der Waals surface area (Å²) in [4.78, 5) is 9.64. The molecule has 3 heterocycles. The smallest absolute Gasteiger partial charge is 0.232 e. The minimum atomic E-state index is 0.241. The molecule has 1 N–H and O–H groups in total. The second-order valence-corrected chi connectivity index (χ2v) is 5.25. The van der Waals surface area contributed by atoms with Gasteiger partial charge in [-0.2, -0.15) is 4.98 Å². The number of aromatic nitrogens is 2. The Labute approximate surface area is 124 Å². The number of ether oxygens (including phenoxy) is 3. The topological polar surface area (TPSA) is 65.5 Å². The molecular formula is C14H11N3O3S. The molecule has 0 unspecified atom stereocenters. The second kappa shape index (κ2) is 4.78. The van der Waals surface area contributed by atoms with Crippen LogP contribution in [0.2, 0.25) is 0 Å². The molecule has 21 heavy (non-hydrogen) atoms. The van der Waals surface area contributed by atoms with Gasteiger partial charge in [0.1, 0.15) is 10.6 Å². The monoisotopic (exact) mass is 301 g/mol. The van der Waals surface area contributed by atoms with E-state index in [1.165, 1.54) is 0 Å². The third-order valence-corrected chi connectivity index (χ3v) is 3.88. The van der Waals surface area contributed by atoms with E-state index in [0.29, 0.717) is 23.3 Å². The molecule has 2 aromatic heterocycles. The minimum Gasteiger partial charge on any atom is -0.454 e. The first-order valence-electron chi connectivity index (χ1n) is 6.34. The van der Waals surface area contributed by atoms with Crippen molar-refractivity contribution in [1.82, 2.24) is 9.97 Å². The fraction of sp³-hybridized carbons (Fsp3) is 0.143. The molecule has 0 bridgehead atoms. The number of anilines is 1. The Kier molecular flexibility index (Phi) is 2.78. The van der Waals surface area contributed by atoms with Gasteiger partial charge in [0, 0.05) is 13.1 Å². The fourth-order valence-electron chi connectivity index (χ4n) is 2.07. The van der Waals surface area contributed by atoms with Gasteiger partial charge in [-0.15, -0.1) is 11.3 Å². The summed E-state index contributed by atoms with van der Waals surface area (Å²) >= 11 is 1.55. The van der Waals surface area contributed by atoms with E-state index in [-0.39, 0.29) is 6.79 Å². The molecule has 7 heteroatoms. The van der Waals surface area contributed by atoms with Crippen molar-refractivity contribution in [1.29, 1.82) is 0 Å². The van der Waals surface area contributed by atoms with Crippen molar-refractivity contribution in [2.24, 2.45) is 0 Å². The van der Waals surface area contributed by atoms with Gasteiger partial charge in [0.2, 0.25) is 18.6 Å². The maximum Gasteiger partial charge on any atom is 0.232 e. The van der Waals surface area contributed by atoms with Crippen molar-refractivity contribution >= 4 is 27.5 Å². The van der Waals surface area contributed by atoms with E-state index in [0.717, 1.165) is 16.0 Å². The van der Waals surface area contributed by atoms with Crippen LogP contribution in [0.15, 0.2) is 29.6 Å². The number of nitrogens with one attached hydrogen (secondary N) is 1. The van der Waals surface area contributed by atoms with Gasteiger partial charge in [0.25, 0.3) is 0 Å². The van der Waals surface area contributed by atoms with Crippen molar-refractivity contribution in [2.75, 3.05) is 19.2 Å². The van der Waals surface area contributed by atoms with Crippen molar-refractivity contribution < 1.29 is 14.2 Å². The molecule has 0 amide bonds. The SMILES string of the molecule is CNc1nc(Oc2ccc3c(c2)OCO3)c2ccsc2n1. The van der Waals surface area contributed by atoms with E-state index in [1.54, 1.807) is 24.5 Å². The van der Waals surface area contributed by atoms with Gasteiger partial charge in [0.05, 0.1) is 5.39 Å². The highest BCUT2D eigenvalue weighted by Gasteiger charge is 2.16. The van der Waals surface area contributed by atoms with Crippen LogP contribution in [0.5, 0.6) is 23.1 Å². The van der Waals surface area contributed by atoms with Crippen LogP contribution in [-0.2, 0) is 0 Å². The van der Waals surface area contributed by atoms with Crippen LogP contribution in [0.1, 0.15) is 0 Å². The van der Waals surface area contributed by atoms with Crippen molar-refractivity contribution in [3.63, 3.8) is 0 Å². The Morgan fingerprint density at radius 1 is 1.19 bits per heavy atom. The lowest BCUT2D eigenvalue weighted by Crippen LogP contribution is -1.98. The average Bonchev–Trinajstić information content (AvgIpc) is 3.14. The van der Waals surface area contributed by atoms with Crippen molar-refractivity contribution in [2.45, 2.75) is 0 Å². The summed E-state index contributed by atoms with van der Waals surface area (Å²) in [5, 5.41) is 5.79. The highest BCUT2D eigenvalue weighted by molar-refractivity contribution is 7.16. The van der Waals surface area contributed by atoms with Gasteiger partial charge in [-0.3, -0.25) is 0 Å². The standard InChI is InChI=1S/C14H11N3O3S/c1-15-14-16-12(9-4-5-21-13(9)17-14)20-8-2-3-10-11(6-8)19-7-18-10/h2-6H,7H2,1H3,(H,15,16,17). The lowest BCUT2D eigenvalue weighted by molar-refractivity contribution is 0.174. The maximum atomic E-state index is 5.90. The van der Waals surface area contributed by atoms with Gasteiger partial charge < -0.3 is 19.5 Å². The van der Waals surface area contributed by atoms with Crippen LogP contribution >= 0.6 is 11.3 Å². The summed E-state index contributed by atoms with van der Waals surface area (Å²) in [5.41, 5.74) is 0. The molecule has 1 aromatic carbocycles. The predicted octanol–water partition coefficient (Wildman–Crippen LogP) is 3.25. The molecule has 0 saturated carbocycles. The predicted molar refractivity (Wildman–Crippen MR) is 79.6 cm³/mol. The quantitative estimate of drug-likeness (QED) is 0.801. The summed E-state index contributed by atoms with van der Waals surface area (Å²) in [6.45, 7) is 0.241. The highest BCUT2D eigenvalue weighted by atomic mass is 32.1. The van der Waals surface area contributed by atoms with Crippen LogP contribution in [0, 0.1) is 0 Å². The summed E-state index contributed by atoms with van der Waals surface area (Å²) < 4.78 is 16.5. The third-order valence-electron chi connectivity index (χ3n) is 3.07. The number of thiophene rings is 1. The molecule has 0 fully saturated rings. The summed E-state index contributed by atoms with van der Waals surface area (Å²) in [7, 11) is 1.78. The Morgan fingerprint density at radius 2 is 2.10 bits per heavy atom. The lowest BCUT2D eigenvalue weighted by atomic mass is 10.3. The minimum absolute atomic E-state index is 0.241. The average molecular weight is 301 g/mol.